The molecule has 29 heavy (non-hydrogen) atoms. The molecular formula is C24H27N3O2. The van der Waals surface area contributed by atoms with E-state index in [9.17, 15) is 0 Å². The number of oxazole rings is 1. The molecule has 0 radical (unpaired) electrons. The zero-order chi connectivity index (χ0) is 19.7. The van der Waals surface area contributed by atoms with Crippen LogP contribution in [0.3, 0.4) is 0 Å². The number of likely N-dealkylation sites (tertiary alicyclic amines) is 1. The van der Waals surface area contributed by atoms with Gasteiger partial charge in [0, 0.05) is 30.3 Å². The topological polar surface area (TPSA) is 50.5 Å². The van der Waals surface area contributed by atoms with Crippen molar-refractivity contribution in [3.63, 3.8) is 0 Å². The van der Waals surface area contributed by atoms with Gasteiger partial charge in [-0.05, 0) is 25.9 Å². The highest BCUT2D eigenvalue weighted by Gasteiger charge is 2.16. The fourth-order valence-corrected chi connectivity index (χ4v) is 3.52. The van der Waals surface area contributed by atoms with Gasteiger partial charge in [-0.25, -0.2) is 4.98 Å². The lowest BCUT2D eigenvalue weighted by molar-refractivity contribution is 0.0560. The third-order valence-electron chi connectivity index (χ3n) is 5.02. The van der Waals surface area contributed by atoms with Gasteiger partial charge < -0.3 is 9.32 Å². The Morgan fingerprint density at radius 2 is 1.66 bits per heavy atom. The van der Waals surface area contributed by atoms with Crippen LogP contribution in [0.1, 0.15) is 18.7 Å². The lowest BCUT2D eigenvalue weighted by Crippen LogP contribution is -2.25. The lowest BCUT2D eigenvalue weighted by Gasteiger charge is -2.13. The molecule has 0 bridgehead atoms. The van der Waals surface area contributed by atoms with Crippen molar-refractivity contribution >= 4 is 0 Å². The van der Waals surface area contributed by atoms with Crippen molar-refractivity contribution in [2.75, 3.05) is 26.2 Å². The molecule has 1 aromatic heterocycles. The summed E-state index contributed by atoms with van der Waals surface area (Å²) in [4.78, 5) is 12.6. The number of hydrogen-bond acceptors (Lipinski definition) is 5. The normalized spacial score (nSPS) is 14.6. The lowest BCUT2D eigenvalue weighted by atomic mass is 10.1. The SMILES string of the molecule is C(=C\NOCCN1CCCC1)/Cc1nc(-c2ccccc2)c(-c2ccccc2)o1. The van der Waals surface area contributed by atoms with E-state index in [2.05, 4.69) is 22.5 Å². The average Bonchev–Trinajstić information content (AvgIpc) is 3.44. The molecule has 150 valence electrons. The summed E-state index contributed by atoms with van der Waals surface area (Å²) in [6, 6.07) is 20.3. The molecule has 1 N–H and O–H groups in total. The number of rotatable bonds is 9. The fraction of sp³-hybridized carbons (Fsp3) is 0.292. The molecule has 0 aliphatic carbocycles. The summed E-state index contributed by atoms with van der Waals surface area (Å²) in [6.07, 6.45) is 6.97. The van der Waals surface area contributed by atoms with Gasteiger partial charge in [-0.3, -0.25) is 10.3 Å². The Bertz CT molecular complexity index is 843. The Labute approximate surface area is 172 Å². The summed E-state index contributed by atoms with van der Waals surface area (Å²) in [6.45, 7) is 4.04. The average molecular weight is 389 g/mol. The van der Waals surface area contributed by atoms with E-state index in [4.69, 9.17) is 14.2 Å². The summed E-state index contributed by atoms with van der Waals surface area (Å²) in [5.41, 5.74) is 5.83. The second kappa shape index (κ2) is 10.0. The Hall–Kier alpha value is -2.89. The number of aromatic nitrogens is 1. The van der Waals surface area contributed by atoms with E-state index >= 15 is 0 Å². The van der Waals surface area contributed by atoms with Gasteiger partial charge in [-0.1, -0.05) is 66.7 Å². The minimum absolute atomic E-state index is 0.592. The largest absolute Gasteiger partial charge is 0.440 e. The van der Waals surface area contributed by atoms with E-state index in [0.29, 0.717) is 18.9 Å². The Kier molecular flexibility index (Phi) is 6.73. The first kappa shape index (κ1) is 19.4. The van der Waals surface area contributed by atoms with Crippen LogP contribution in [0.2, 0.25) is 0 Å². The molecule has 0 spiro atoms. The van der Waals surface area contributed by atoms with Crippen molar-refractivity contribution < 1.29 is 9.25 Å². The first-order valence-corrected chi connectivity index (χ1v) is 10.3. The van der Waals surface area contributed by atoms with Gasteiger partial charge in [0.05, 0.1) is 6.61 Å². The van der Waals surface area contributed by atoms with Crippen molar-refractivity contribution in [3.05, 3.63) is 78.8 Å². The standard InChI is InChI=1S/C24H27N3O2/c1-3-10-20(11-4-1)23-24(21-12-5-2-6-13-21)29-22(26-23)14-9-15-25-28-19-18-27-16-7-8-17-27/h1-6,9-13,15,25H,7-8,14,16-19H2/b15-9+. The van der Waals surface area contributed by atoms with Crippen molar-refractivity contribution in [1.82, 2.24) is 15.4 Å². The minimum Gasteiger partial charge on any atom is -0.440 e. The van der Waals surface area contributed by atoms with Crippen molar-refractivity contribution in [2.45, 2.75) is 19.3 Å². The predicted octanol–water partition coefficient (Wildman–Crippen LogP) is 4.68. The Morgan fingerprint density at radius 3 is 2.38 bits per heavy atom. The molecule has 1 fully saturated rings. The van der Waals surface area contributed by atoms with Crippen LogP contribution in [0.4, 0.5) is 0 Å². The fourth-order valence-electron chi connectivity index (χ4n) is 3.52. The highest BCUT2D eigenvalue weighted by atomic mass is 16.6. The van der Waals surface area contributed by atoms with Gasteiger partial charge >= 0.3 is 0 Å². The summed E-state index contributed by atoms with van der Waals surface area (Å²) >= 11 is 0. The highest BCUT2D eigenvalue weighted by Crippen LogP contribution is 2.32. The molecule has 0 amide bonds. The van der Waals surface area contributed by atoms with Crippen LogP contribution in [0.5, 0.6) is 0 Å². The molecule has 1 saturated heterocycles. The molecule has 5 nitrogen and oxygen atoms in total. The van der Waals surface area contributed by atoms with Crippen molar-refractivity contribution in [3.8, 4) is 22.6 Å². The van der Waals surface area contributed by atoms with Crippen LogP contribution in [-0.4, -0.2) is 36.1 Å². The van der Waals surface area contributed by atoms with Crippen LogP contribution in [-0.2, 0) is 11.3 Å². The van der Waals surface area contributed by atoms with Crippen LogP contribution in [0.25, 0.3) is 22.6 Å². The van der Waals surface area contributed by atoms with Crippen molar-refractivity contribution in [2.24, 2.45) is 0 Å². The minimum atomic E-state index is 0.592. The van der Waals surface area contributed by atoms with E-state index in [0.717, 1.165) is 29.1 Å². The molecule has 4 rings (SSSR count). The highest BCUT2D eigenvalue weighted by molar-refractivity contribution is 5.76. The third kappa shape index (κ3) is 5.34. The number of nitrogens with zero attached hydrogens (tertiary/aromatic N) is 2. The maximum Gasteiger partial charge on any atom is 0.199 e. The molecule has 2 aromatic carbocycles. The molecular weight excluding hydrogens is 362 g/mol. The number of allylic oxidation sites excluding steroid dienone is 1. The Balaban J connectivity index is 1.37. The number of hydroxylamine groups is 1. The molecule has 1 aliphatic rings. The molecule has 5 heteroatoms. The molecule has 1 aliphatic heterocycles. The maximum atomic E-state index is 6.11. The second-order valence-electron chi connectivity index (χ2n) is 7.14. The van der Waals surface area contributed by atoms with Crippen LogP contribution < -0.4 is 5.48 Å². The molecule has 2 heterocycles. The zero-order valence-electron chi connectivity index (χ0n) is 16.6. The van der Waals surface area contributed by atoms with Gasteiger partial charge in [0.25, 0.3) is 0 Å². The summed E-state index contributed by atoms with van der Waals surface area (Å²) in [7, 11) is 0. The second-order valence-corrected chi connectivity index (χ2v) is 7.14. The summed E-state index contributed by atoms with van der Waals surface area (Å²) in [5, 5.41) is 0. The monoisotopic (exact) mass is 389 g/mol. The zero-order valence-corrected chi connectivity index (χ0v) is 16.6. The molecule has 3 aromatic rings. The van der Waals surface area contributed by atoms with E-state index in [1.165, 1.54) is 25.9 Å². The first-order chi connectivity index (χ1) is 14.4. The predicted molar refractivity (Wildman–Crippen MR) is 115 cm³/mol. The number of nitrogens with one attached hydrogen (secondary N) is 1. The van der Waals surface area contributed by atoms with Crippen LogP contribution in [0.15, 0.2) is 77.4 Å². The number of benzene rings is 2. The quantitative estimate of drug-likeness (QED) is 0.425. The molecule has 0 atom stereocenters. The van der Waals surface area contributed by atoms with Gasteiger partial charge in [0.1, 0.15) is 5.69 Å². The third-order valence-corrected chi connectivity index (χ3v) is 5.02. The number of hydrogen-bond donors (Lipinski definition) is 1. The van der Waals surface area contributed by atoms with Gasteiger partial charge in [0.2, 0.25) is 0 Å². The summed E-state index contributed by atoms with van der Waals surface area (Å²) < 4.78 is 6.11. The molecule has 0 saturated carbocycles. The van der Waals surface area contributed by atoms with Gasteiger partial charge in [-0.2, -0.15) is 0 Å². The van der Waals surface area contributed by atoms with E-state index in [1.54, 1.807) is 6.20 Å². The Morgan fingerprint density at radius 1 is 0.966 bits per heavy atom. The van der Waals surface area contributed by atoms with E-state index < -0.39 is 0 Å². The van der Waals surface area contributed by atoms with Crippen LogP contribution in [0, 0.1) is 0 Å². The van der Waals surface area contributed by atoms with Gasteiger partial charge in [0.15, 0.2) is 11.7 Å². The van der Waals surface area contributed by atoms with Crippen molar-refractivity contribution in [1.29, 1.82) is 0 Å². The van der Waals surface area contributed by atoms with Gasteiger partial charge in [-0.15, -0.1) is 0 Å². The smallest absolute Gasteiger partial charge is 0.199 e. The summed E-state index contributed by atoms with van der Waals surface area (Å²) in [5.74, 6) is 1.48. The van der Waals surface area contributed by atoms with E-state index in [1.807, 2.05) is 54.6 Å². The molecule has 0 unspecified atom stereocenters. The first-order valence-electron chi connectivity index (χ1n) is 10.3. The van der Waals surface area contributed by atoms with Crippen LogP contribution >= 0.6 is 0 Å². The van der Waals surface area contributed by atoms with E-state index in [-0.39, 0.29) is 0 Å². The maximum absolute atomic E-state index is 6.11.